The van der Waals surface area contributed by atoms with Crippen LogP contribution in [0.25, 0.3) is 0 Å². The SMILES string of the molecule is CC(C(=O)N1CCc2ccncc21)c1ccc(F)c(Cl)c1. The highest BCUT2D eigenvalue weighted by Gasteiger charge is 2.29. The Morgan fingerprint density at radius 1 is 1.43 bits per heavy atom. The second kappa shape index (κ2) is 5.45. The van der Waals surface area contributed by atoms with Gasteiger partial charge in [0.25, 0.3) is 0 Å². The minimum atomic E-state index is -0.476. The molecule has 0 saturated heterocycles. The summed E-state index contributed by atoms with van der Waals surface area (Å²) in [5.74, 6) is -0.880. The van der Waals surface area contributed by atoms with E-state index in [4.69, 9.17) is 11.6 Å². The van der Waals surface area contributed by atoms with Crippen molar-refractivity contribution >= 4 is 23.2 Å². The second-order valence-electron chi connectivity index (χ2n) is 5.14. The summed E-state index contributed by atoms with van der Waals surface area (Å²) in [7, 11) is 0. The summed E-state index contributed by atoms with van der Waals surface area (Å²) in [6, 6.07) is 6.34. The average Bonchev–Trinajstić information content (AvgIpc) is 2.92. The lowest BCUT2D eigenvalue weighted by atomic mass is 9.99. The first-order valence-corrected chi connectivity index (χ1v) is 7.15. The molecule has 0 radical (unpaired) electrons. The normalized spacial score (nSPS) is 14.9. The molecule has 0 saturated carbocycles. The molecule has 0 aliphatic carbocycles. The van der Waals surface area contributed by atoms with Gasteiger partial charge in [0.1, 0.15) is 5.82 Å². The zero-order chi connectivity index (χ0) is 15.0. The summed E-state index contributed by atoms with van der Waals surface area (Å²) in [4.78, 5) is 18.5. The van der Waals surface area contributed by atoms with Gasteiger partial charge in [-0.15, -0.1) is 0 Å². The van der Waals surface area contributed by atoms with E-state index in [-0.39, 0.29) is 16.8 Å². The summed E-state index contributed by atoms with van der Waals surface area (Å²) in [6.45, 7) is 2.46. The molecule has 1 aliphatic rings. The lowest BCUT2D eigenvalue weighted by Gasteiger charge is -2.21. The Balaban J connectivity index is 1.87. The van der Waals surface area contributed by atoms with Gasteiger partial charge in [-0.3, -0.25) is 9.78 Å². The molecule has 2 aromatic rings. The van der Waals surface area contributed by atoms with Crippen LogP contribution in [-0.4, -0.2) is 17.4 Å². The first-order chi connectivity index (χ1) is 10.1. The highest BCUT2D eigenvalue weighted by atomic mass is 35.5. The molecule has 1 amide bonds. The van der Waals surface area contributed by atoms with Crippen LogP contribution in [0.4, 0.5) is 10.1 Å². The van der Waals surface area contributed by atoms with Gasteiger partial charge in [-0.2, -0.15) is 0 Å². The van der Waals surface area contributed by atoms with Crippen LogP contribution >= 0.6 is 11.6 Å². The van der Waals surface area contributed by atoms with Crippen LogP contribution in [0.2, 0.25) is 5.02 Å². The number of aromatic nitrogens is 1. The predicted octanol–water partition coefficient (Wildman–Crippen LogP) is 3.57. The van der Waals surface area contributed by atoms with Gasteiger partial charge in [0.05, 0.1) is 22.8 Å². The summed E-state index contributed by atoms with van der Waals surface area (Å²) in [6.07, 6.45) is 4.28. The third kappa shape index (κ3) is 2.51. The second-order valence-corrected chi connectivity index (χ2v) is 5.55. The smallest absolute Gasteiger partial charge is 0.234 e. The maximum absolute atomic E-state index is 13.2. The maximum atomic E-state index is 13.2. The van der Waals surface area contributed by atoms with Crippen molar-refractivity contribution in [2.24, 2.45) is 0 Å². The number of carbonyl (C=O) groups is 1. The van der Waals surface area contributed by atoms with Gasteiger partial charge in [0.15, 0.2) is 0 Å². The molecule has 2 heterocycles. The number of benzene rings is 1. The van der Waals surface area contributed by atoms with Crippen molar-refractivity contribution in [2.75, 3.05) is 11.4 Å². The van der Waals surface area contributed by atoms with Crippen molar-refractivity contribution in [3.63, 3.8) is 0 Å². The number of carbonyl (C=O) groups excluding carboxylic acids is 1. The zero-order valence-electron chi connectivity index (χ0n) is 11.5. The van der Waals surface area contributed by atoms with E-state index in [1.807, 2.05) is 6.07 Å². The highest BCUT2D eigenvalue weighted by Crippen LogP contribution is 2.31. The van der Waals surface area contributed by atoms with Gasteiger partial charge in [-0.1, -0.05) is 17.7 Å². The summed E-state index contributed by atoms with van der Waals surface area (Å²) in [5, 5.41) is 0.0376. The van der Waals surface area contributed by atoms with Crippen molar-refractivity contribution in [3.05, 3.63) is 58.6 Å². The summed E-state index contributed by atoms with van der Waals surface area (Å²) in [5.41, 5.74) is 2.70. The van der Waals surface area contributed by atoms with Crippen LogP contribution in [0.1, 0.15) is 24.0 Å². The minimum Gasteiger partial charge on any atom is -0.310 e. The first-order valence-electron chi connectivity index (χ1n) is 6.77. The van der Waals surface area contributed by atoms with Gasteiger partial charge < -0.3 is 4.90 Å². The molecule has 0 fully saturated rings. The van der Waals surface area contributed by atoms with Crippen LogP contribution in [0, 0.1) is 5.82 Å². The number of hydrogen-bond acceptors (Lipinski definition) is 2. The lowest BCUT2D eigenvalue weighted by molar-refractivity contribution is -0.119. The van der Waals surface area contributed by atoms with Crippen molar-refractivity contribution in [2.45, 2.75) is 19.3 Å². The van der Waals surface area contributed by atoms with Crippen LogP contribution in [0.5, 0.6) is 0 Å². The Morgan fingerprint density at radius 2 is 2.24 bits per heavy atom. The number of anilines is 1. The molecule has 1 atom stereocenters. The first kappa shape index (κ1) is 14.0. The van der Waals surface area contributed by atoms with Crippen LogP contribution in [0.15, 0.2) is 36.7 Å². The summed E-state index contributed by atoms with van der Waals surface area (Å²) < 4.78 is 13.2. The van der Waals surface area contributed by atoms with E-state index < -0.39 is 5.82 Å². The zero-order valence-corrected chi connectivity index (χ0v) is 12.3. The molecule has 1 aliphatic heterocycles. The molecule has 1 aromatic heterocycles. The average molecular weight is 305 g/mol. The monoisotopic (exact) mass is 304 g/mol. The molecular formula is C16H14ClFN2O. The third-order valence-corrected chi connectivity index (χ3v) is 4.15. The molecule has 0 spiro atoms. The summed E-state index contributed by atoms with van der Waals surface area (Å²) >= 11 is 5.79. The molecule has 21 heavy (non-hydrogen) atoms. The van der Waals surface area contributed by atoms with E-state index in [9.17, 15) is 9.18 Å². The molecule has 3 rings (SSSR count). The van der Waals surface area contributed by atoms with E-state index in [0.717, 1.165) is 17.7 Å². The predicted molar refractivity (Wildman–Crippen MR) is 80.1 cm³/mol. The van der Waals surface area contributed by atoms with Crippen LogP contribution in [-0.2, 0) is 11.2 Å². The van der Waals surface area contributed by atoms with E-state index in [2.05, 4.69) is 4.98 Å². The van der Waals surface area contributed by atoms with Gasteiger partial charge in [-0.05, 0) is 42.7 Å². The van der Waals surface area contributed by atoms with E-state index in [1.165, 1.54) is 12.1 Å². The van der Waals surface area contributed by atoms with Crippen LogP contribution < -0.4 is 4.90 Å². The number of rotatable bonds is 2. The number of fused-ring (bicyclic) bond motifs is 1. The topological polar surface area (TPSA) is 33.2 Å². The Hall–Kier alpha value is -1.94. The molecule has 108 valence electrons. The number of pyridine rings is 1. The number of nitrogens with zero attached hydrogens (tertiary/aromatic N) is 2. The fourth-order valence-electron chi connectivity index (χ4n) is 2.61. The lowest BCUT2D eigenvalue weighted by Crippen LogP contribution is -2.32. The minimum absolute atomic E-state index is 0.0237. The third-order valence-electron chi connectivity index (χ3n) is 3.86. The van der Waals surface area contributed by atoms with Crippen molar-refractivity contribution in [1.82, 2.24) is 4.98 Å². The Morgan fingerprint density at radius 3 is 3.00 bits per heavy atom. The van der Waals surface area contributed by atoms with Crippen molar-refractivity contribution in [3.8, 4) is 0 Å². The Kier molecular flexibility index (Phi) is 3.64. The fourth-order valence-corrected chi connectivity index (χ4v) is 2.80. The van der Waals surface area contributed by atoms with E-state index in [1.54, 1.807) is 30.3 Å². The number of halogens is 2. The van der Waals surface area contributed by atoms with Gasteiger partial charge in [-0.25, -0.2) is 4.39 Å². The van der Waals surface area contributed by atoms with E-state index >= 15 is 0 Å². The molecule has 3 nitrogen and oxygen atoms in total. The molecule has 1 aromatic carbocycles. The van der Waals surface area contributed by atoms with Crippen LogP contribution in [0.3, 0.4) is 0 Å². The largest absolute Gasteiger partial charge is 0.310 e. The highest BCUT2D eigenvalue weighted by molar-refractivity contribution is 6.30. The Labute approximate surface area is 127 Å². The molecule has 0 N–H and O–H groups in total. The molecule has 0 bridgehead atoms. The Bertz CT molecular complexity index is 704. The van der Waals surface area contributed by atoms with Gasteiger partial charge >= 0.3 is 0 Å². The number of amides is 1. The fraction of sp³-hybridized carbons (Fsp3) is 0.250. The molecular weight excluding hydrogens is 291 g/mol. The van der Waals surface area contributed by atoms with Crippen molar-refractivity contribution in [1.29, 1.82) is 0 Å². The number of hydrogen-bond donors (Lipinski definition) is 0. The molecule has 1 unspecified atom stereocenters. The maximum Gasteiger partial charge on any atom is 0.234 e. The van der Waals surface area contributed by atoms with Gasteiger partial charge in [0, 0.05) is 12.7 Å². The van der Waals surface area contributed by atoms with Gasteiger partial charge in [0.2, 0.25) is 5.91 Å². The molecule has 5 heteroatoms. The quantitative estimate of drug-likeness (QED) is 0.850. The van der Waals surface area contributed by atoms with E-state index in [0.29, 0.717) is 12.1 Å². The standard InChI is InChI=1S/C16H14ClFN2O/c1-10(12-2-3-14(18)13(17)8-12)16(21)20-7-5-11-4-6-19-9-15(11)20/h2-4,6,8-10H,5,7H2,1H3. The van der Waals surface area contributed by atoms with Crippen molar-refractivity contribution < 1.29 is 9.18 Å².